The molecular formula is C17H24N6O. The van der Waals surface area contributed by atoms with Crippen molar-refractivity contribution in [3.63, 3.8) is 0 Å². The van der Waals surface area contributed by atoms with Crippen LogP contribution < -0.4 is 4.90 Å². The highest BCUT2D eigenvalue weighted by molar-refractivity contribution is 5.50. The molecule has 0 bridgehead atoms. The predicted molar refractivity (Wildman–Crippen MR) is 89.8 cm³/mol. The standard InChI is InChI=1S/C17H24N6O/c1-2-16-20-15(21-24-16)11-22-7-4-8-23(10-9-22)17-13-5-3-6-14(13)18-12-19-17/h12H,2-11H2,1H3. The smallest absolute Gasteiger partial charge is 0.226 e. The van der Waals surface area contributed by atoms with Crippen LogP contribution in [0.1, 0.15) is 42.7 Å². The van der Waals surface area contributed by atoms with E-state index < -0.39 is 0 Å². The highest BCUT2D eigenvalue weighted by Crippen LogP contribution is 2.28. The van der Waals surface area contributed by atoms with Gasteiger partial charge in [0.2, 0.25) is 5.89 Å². The lowest BCUT2D eigenvalue weighted by Crippen LogP contribution is -2.31. The quantitative estimate of drug-likeness (QED) is 0.844. The summed E-state index contributed by atoms with van der Waals surface area (Å²) < 4.78 is 5.21. The minimum Gasteiger partial charge on any atom is -0.355 e. The summed E-state index contributed by atoms with van der Waals surface area (Å²) in [5.41, 5.74) is 2.62. The first-order valence-electron chi connectivity index (χ1n) is 8.95. The predicted octanol–water partition coefficient (Wildman–Crippen LogP) is 1.62. The van der Waals surface area contributed by atoms with Gasteiger partial charge in [0.25, 0.3) is 0 Å². The number of nitrogens with zero attached hydrogens (tertiary/aromatic N) is 6. The van der Waals surface area contributed by atoms with Gasteiger partial charge in [-0.2, -0.15) is 4.98 Å². The Morgan fingerprint density at radius 3 is 2.92 bits per heavy atom. The van der Waals surface area contributed by atoms with E-state index in [9.17, 15) is 0 Å². The largest absolute Gasteiger partial charge is 0.355 e. The van der Waals surface area contributed by atoms with Crippen LogP contribution in [-0.2, 0) is 25.8 Å². The number of hydrogen-bond donors (Lipinski definition) is 0. The summed E-state index contributed by atoms with van der Waals surface area (Å²) in [7, 11) is 0. The van der Waals surface area contributed by atoms with Gasteiger partial charge in [0, 0.05) is 43.9 Å². The first kappa shape index (κ1) is 15.5. The van der Waals surface area contributed by atoms with Crippen LogP contribution in [0.4, 0.5) is 5.82 Å². The molecule has 1 saturated heterocycles. The van der Waals surface area contributed by atoms with Crippen molar-refractivity contribution in [2.24, 2.45) is 0 Å². The number of hydrogen-bond acceptors (Lipinski definition) is 7. The zero-order chi connectivity index (χ0) is 16.4. The van der Waals surface area contributed by atoms with Crippen LogP contribution in [0.15, 0.2) is 10.9 Å². The van der Waals surface area contributed by atoms with Gasteiger partial charge in [0.15, 0.2) is 5.82 Å². The van der Waals surface area contributed by atoms with Crippen molar-refractivity contribution < 1.29 is 4.52 Å². The minimum atomic E-state index is 0.720. The van der Waals surface area contributed by atoms with E-state index in [1.165, 1.54) is 17.7 Å². The van der Waals surface area contributed by atoms with Crippen molar-refractivity contribution in [2.75, 3.05) is 31.1 Å². The molecule has 0 aromatic carbocycles. The summed E-state index contributed by atoms with van der Waals surface area (Å²) in [4.78, 5) is 18.3. The van der Waals surface area contributed by atoms with Gasteiger partial charge in [-0.1, -0.05) is 12.1 Å². The van der Waals surface area contributed by atoms with Gasteiger partial charge in [-0.15, -0.1) is 0 Å². The monoisotopic (exact) mass is 328 g/mol. The summed E-state index contributed by atoms with van der Waals surface area (Å²) in [5, 5.41) is 4.07. The first-order chi connectivity index (χ1) is 11.8. The van der Waals surface area contributed by atoms with Gasteiger partial charge < -0.3 is 9.42 Å². The lowest BCUT2D eigenvalue weighted by atomic mass is 10.2. The summed E-state index contributed by atoms with van der Waals surface area (Å²) in [5.74, 6) is 2.67. The van der Waals surface area contributed by atoms with Crippen LogP contribution in [0.3, 0.4) is 0 Å². The van der Waals surface area contributed by atoms with Gasteiger partial charge in [-0.25, -0.2) is 9.97 Å². The molecule has 1 fully saturated rings. The summed E-state index contributed by atoms with van der Waals surface area (Å²) in [6, 6.07) is 0. The summed E-state index contributed by atoms with van der Waals surface area (Å²) in [6.07, 6.45) is 7.07. The average molecular weight is 328 g/mol. The molecule has 7 nitrogen and oxygen atoms in total. The number of anilines is 1. The Morgan fingerprint density at radius 2 is 2.04 bits per heavy atom. The molecule has 0 N–H and O–H groups in total. The van der Waals surface area contributed by atoms with E-state index in [4.69, 9.17) is 4.52 Å². The molecule has 2 aromatic rings. The number of rotatable bonds is 4. The van der Waals surface area contributed by atoms with E-state index >= 15 is 0 Å². The van der Waals surface area contributed by atoms with E-state index in [1.54, 1.807) is 6.33 Å². The van der Waals surface area contributed by atoms with E-state index in [0.717, 1.165) is 75.9 Å². The van der Waals surface area contributed by atoms with Crippen molar-refractivity contribution in [3.05, 3.63) is 29.3 Å². The number of aromatic nitrogens is 4. The van der Waals surface area contributed by atoms with Crippen molar-refractivity contribution in [2.45, 2.75) is 45.6 Å². The molecule has 0 radical (unpaired) electrons. The molecule has 24 heavy (non-hydrogen) atoms. The molecular weight excluding hydrogens is 304 g/mol. The molecule has 0 atom stereocenters. The molecule has 7 heteroatoms. The van der Waals surface area contributed by atoms with Crippen LogP contribution in [-0.4, -0.2) is 51.2 Å². The Kier molecular flexibility index (Phi) is 4.42. The summed E-state index contributed by atoms with van der Waals surface area (Å²) >= 11 is 0. The second kappa shape index (κ2) is 6.84. The molecule has 4 rings (SSSR count). The molecule has 0 unspecified atom stereocenters. The third kappa shape index (κ3) is 3.13. The van der Waals surface area contributed by atoms with Crippen LogP contribution in [0.25, 0.3) is 0 Å². The average Bonchev–Trinajstić information content (AvgIpc) is 3.20. The second-order valence-electron chi connectivity index (χ2n) is 6.55. The zero-order valence-electron chi connectivity index (χ0n) is 14.2. The molecule has 0 spiro atoms. The Labute approximate surface area is 142 Å². The lowest BCUT2D eigenvalue weighted by Gasteiger charge is -2.24. The zero-order valence-corrected chi connectivity index (χ0v) is 14.2. The van der Waals surface area contributed by atoms with E-state index in [2.05, 4.69) is 29.9 Å². The fraction of sp³-hybridized carbons (Fsp3) is 0.647. The Bertz CT molecular complexity index is 700. The van der Waals surface area contributed by atoms with E-state index in [1.807, 2.05) is 6.92 Å². The molecule has 2 aromatic heterocycles. The second-order valence-corrected chi connectivity index (χ2v) is 6.55. The molecule has 3 heterocycles. The van der Waals surface area contributed by atoms with Gasteiger partial charge in [0.1, 0.15) is 12.1 Å². The van der Waals surface area contributed by atoms with Crippen molar-refractivity contribution >= 4 is 5.82 Å². The third-order valence-electron chi connectivity index (χ3n) is 4.92. The van der Waals surface area contributed by atoms with Crippen molar-refractivity contribution in [1.82, 2.24) is 25.0 Å². The van der Waals surface area contributed by atoms with Gasteiger partial charge in [-0.05, 0) is 25.7 Å². The topological polar surface area (TPSA) is 71.2 Å². The Hall–Kier alpha value is -2.02. The summed E-state index contributed by atoms with van der Waals surface area (Å²) in [6.45, 7) is 6.88. The molecule has 0 amide bonds. The maximum absolute atomic E-state index is 5.21. The van der Waals surface area contributed by atoms with E-state index in [0.29, 0.717) is 0 Å². The van der Waals surface area contributed by atoms with Crippen LogP contribution in [0, 0.1) is 0 Å². The number of fused-ring (bicyclic) bond motifs is 1. The van der Waals surface area contributed by atoms with Crippen LogP contribution in [0.2, 0.25) is 0 Å². The highest BCUT2D eigenvalue weighted by atomic mass is 16.5. The molecule has 1 aliphatic heterocycles. The fourth-order valence-corrected chi connectivity index (χ4v) is 3.65. The number of aryl methyl sites for hydroxylation is 2. The molecule has 0 saturated carbocycles. The normalized spacial score (nSPS) is 18.6. The first-order valence-corrected chi connectivity index (χ1v) is 8.95. The van der Waals surface area contributed by atoms with Crippen LogP contribution in [0.5, 0.6) is 0 Å². The molecule has 1 aliphatic carbocycles. The maximum atomic E-state index is 5.21. The lowest BCUT2D eigenvalue weighted by molar-refractivity contribution is 0.271. The van der Waals surface area contributed by atoms with Crippen molar-refractivity contribution in [3.8, 4) is 0 Å². The Balaban J connectivity index is 1.42. The SMILES string of the molecule is CCc1nc(CN2CCCN(c3ncnc4c3CCC4)CC2)no1. The van der Waals surface area contributed by atoms with Gasteiger partial charge >= 0.3 is 0 Å². The maximum Gasteiger partial charge on any atom is 0.226 e. The molecule has 2 aliphatic rings. The molecule has 128 valence electrons. The van der Waals surface area contributed by atoms with E-state index in [-0.39, 0.29) is 0 Å². The Morgan fingerprint density at radius 1 is 1.08 bits per heavy atom. The fourth-order valence-electron chi connectivity index (χ4n) is 3.65. The third-order valence-corrected chi connectivity index (χ3v) is 4.92. The minimum absolute atomic E-state index is 0.720. The van der Waals surface area contributed by atoms with Gasteiger partial charge in [0.05, 0.1) is 6.54 Å². The highest BCUT2D eigenvalue weighted by Gasteiger charge is 2.23. The van der Waals surface area contributed by atoms with Crippen LogP contribution >= 0.6 is 0 Å². The van der Waals surface area contributed by atoms with Crippen molar-refractivity contribution in [1.29, 1.82) is 0 Å². The van der Waals surface area contributed by atoms with Gasteiger partial charge in [-0.3, -0.25) is 4.90 Å².